The fourth-order valence-corrected chi connectivity index (χ4v) is 3.42. The number of carbonyl (C=O) groups excluding carboxylic acids is 1. The van der Waals surface area contributed by atoms with Crippen LogP contribution < -0.4 is 5.32 Å². The van der Waals surface area contributed by atoms with Crippen molar-refractivity contribution in [1.29, 1.82) is 0 Å². The molecule has 1 aliphatic rings. The van der Waals surface area contributed by atoms with Gasteiger partial charge in [-0.15, -0.1) is 0 Å². The van der Waals surface area contributed by atoms with Gasteiger partial charge in [0.05, 0.1) is 6.20 Å². The Morgan fingerprint density at radius 2 is 2.12 bits per heavy atom. The summed E-state index contributed by atoms with van der Waals surface area (Å²) in [5.74, 6) is 0.119. The first-order valence-electron chi connectivity index (χ1n) is 8.48. The second-order valence-corrected chi connectivity index (χ2v) is 6.24. The van der Waals surface area contributed by atoms with E-state index in [-0.39, 0.29) is 11.8 Å². The quantitative estimate of drug-likeness (QED) is 0.769. The van der Waals surface area contributed by atoms with E-state index in [0.717, 1.165) is 36.1 Å². The Morgan fingerprint density at radius 3 is 3.00 bits per heavy atom. The summed E-state index contributed by atoms with van der Waals surface area (Å²) in [6, 6.07) is 7.84. The minimum Gasteiger partial charge on any atom is -0.350 e. The number of nitrogens with one attached hydrogen (secondary N) is 2. The van der Waals surface area contributed by atoms with E-state index in [2.05, 4.69) is 31.5 Å². The van der Waals surface area contributed by atoms with Gasteiger partial charge in [-0.2, -0.15) is 5.10 Å². The molecule has 2 N–H and O–H groups in total. The zero-order valence-corrected chi connectivity index (χ0v) is 13.8. The normalized spacial score (nSPS) is 16.2. The van der Waals surface area contributed by atoms with Crippen LogP contribution in [0.3, 0.4) is 0 Å². The van der Waals surface area contributed by atoms with Gasteiger partial charge in [-0.3, -0.25) is 19.9 Å². The number of amides is 1. The Labute approximate surface area is 145 Å². The van der Waals surface area contributed by atoms with Gasteiger partial charge in [-0.25, -0.2) is 0 Å². The molecule has 0 radical (unpaired) electrons. The molecule has 1 atom stereocenters. The van der Waals surface area contributed by atoms with E-state index in [9.17, 15) is 4.79 Å². The Balaban J connectivity index is 1.49. The summed E-state index contributed by atoms with van der Waals surface area (Å²) in [7, 11) is 0. The lowest BCUT2D eigenvalue weighted by Gasteiger charge is -2.24. The van der Waals surface area contributed by atoms with E-state index in [0.29, 0.717) is 12.2 Å². The number of rotatable bonds is 4. The highest BCUT2D eigenvalue weighted by Crippen LogP contribution is 2.29. The third-order valence-electron chi connectivity index (χ3n) is 4.68. The van der Waals surface area contributed by atoms with Gasteiger partial charge in [0.1, 0.15) is 5.69 Å². The lowest BCUT2D eigenvalue weighted by atomic mass is 9.86. The summed E-state index contributed by atoms with van der Waals surface area (Å²) in [5, 5.41) is 9.88. The highest BCUT2D eigenvalue weighted by atomic mass is 16.1. The average molecular weight is 333 g/mol. The van der Waals surface area contributed by atoms with Crippen molar-refractivity contribution in [2.75, 3.05) is 6.54 Å². The fourth-order valence-electron chi connectivity index (χ4n) is 3.42. The lowest BCUT2D eigenvalue weighted by molar-refractivity contribution is 0.0945. The van der Waals surface area contributed by atoms with Crippen molar-refractivity contribution in [3.05, 3.63) is 66.0 Å². The van der Waals surface area contributed by atoms with Crippen molar-refractivity contribution in [1.82, 2.24) is 25.5 Å². The van der Waals surface area contributed by atoms with E-state index < -0.39 is 0 Å². The zero-order chi connectivity index (χ0) is 17.1. The number of aryl methyl sites for hydroxylation is 1. The predicted octanol–water partition coefficient (Wildman–Crippen LogP) is 2.72. The summed E-state index contributed by atoms with van der Waals surface area (Å²) in [4.78, 5) is 21.2. The summed E-state index contributed by atoms with van der Waals surface area (Å²) < 4.78 is 0. The molecule has 6 nitrogen and oxygen atoms in total. The maximum Gasteiger partial charge on any atom is 0.269 e. The van der Waals surface area contributed by atoms with Crippen molar-refractivity contribution < 1.29 is 4.79 Å². The van der Waals surface area contributed by atoms with Gasteiger partial charge in [0, 0.05) is 42.3 Å². The number of nitrogens with zero attached hydrogens (tertiary/aromatic N) is 3. The maximum absolute atomic E-state index is 12.6. The number of H-pyrrole nitrogens is 1. The summed E-state index contributed by atoms with van der Waals surface area (Å²) in [6.07, 6.45) is 10.1. The van der Waals surface area contributed by atoms with Gasteiger partial charge in [0.25, 0.3) is 5.91 Å². The van der Waals surface area contributed by atoms with Gasteiger partial charge in [0.15, 0.2) is 0 Å². The third kappa shape index (κ3) is 3.15. The molecule has 0 aromatic carbocycles. The number of carbonyl (C=O) groups is 1. The van der Waals surface area contributed by atoms with Crippen molar-refractivity contribution in [3.8, 4) is 11.1 Å². The Kier molecular flexibility index (Phi) is 4.24. The first-order valence-corrected chi connectivity index (χ1v) is 8.48. The summed E-state index contributed by atoms with van der Waals surface area (Å²) in [6.45, 7) is 0.581. The van der Waals surface area contributed by atoms with Crippen LogP contribution in [0.4, 0.5) is 0 Å². The largest absolute Gasteiger partial charge is 0.350 e. The minimum atomic E-state index is -0.146. The van der Waals surface area contributed by atoms with Crippen LogP contribution in [-0.2, 0) is 6.42 Å². The number of hydrogen-bond donors (Lipinski definition) is 2. The maximum atomic E-state index is 12.6. The van der Waals surface area contributed by atoms with E-state index in [4.69, 9.17) is 0 Å². The summed E-state index contributed by atoms with van der Waals surface area (Å²) >= 11 is 0. The second kappa shape index (κ2) is 6.84. The molecule has 1 amide bonds. The number of aromatic nitrogens is 4. The highest BCUT2D eigenvalue weighted by Gasteiger charge is 2.23. The Hall–Kier alpha value is -3.02. The van der Waals surface area contributed by atoms with Crippen LogP contribution in [0.15, 0.2) is 49.1 Å². The molecular formula is C19H19N5O. The van der Waals surface area contributed by atoms with E-state index in [1.165, 1.54) is 5.56 Å². The molecule has 0 saturated heterocycles. The third-order valence-corrected chi connectivity index (χ3v) is 4.68. The SMILES string of the molecule is O=C(NCC1CCCc2cccnc21)c1[nH]ncc1-c1ccncc1. The van der Waals surface area contributed by atoms with Crippen LogP contribution in [0, 0.1) is 0 Å². The van der Waals surface area contributed by atoms with Gasteiger partial charge >= 0.3 is 0 Å². The van der Waals surface area contributed by atoms with Crippen molar-refractivity contribution >= 4 is 5.91 Å². The molecule has 3 heterocycles. The van der Waals surface area contributed by atoms with Crippen LogP contribution >= 0.6 is 0 Å². The van der Waals surface area contributed by atoms with Crippen LogP contribution in [0.1, 0.15) is 40.5 Å². The van der Waals surface area contributed by atoms with Crippen LogP contribution in [-0.4, -0.2) is 32.6 Å². The molecule has 1 unspecified atom stereocenters. The van der Waals surface area contributed by atoms with E-state index >= 15 is 0 Å². The van der Waals surface area contributed by atoms with E-state index in [1.807, 2.05) is 24.4 Å². The number of pyridine rings is 2. The van der Waals surface area contributed by atoms with Gasteiger partial charge in [-0.1, -0.05) is 6.07 Å². The van der Waals surface area contributed by atoms with E-state index in [1.54, 1.807) is 18.6 Å². The Bertz CT molecular complexity index is 874. The first kappa shape index (κ1) is 15.5. The molecule has 0 fully saturated rings. The molecule has 0 spiro atoms. The van der Waals surface area contributed by atoms with Crippen LogP contribution in [0.25, 0.3) is 11.1 Å². The zero-order valence-electron chi connectivity index (χ0n) is 13.8. The number of aromatic amines is 1. The molecule has 3 aromatic heterocycles. The lowest BCUT2D eigenvalue weighted by Crippen LogP contribution is -2.31. The Morgan fingerprint density at radius 1 is 1.24 bits per heavy atom. The number of hydrogen-bond acceptors (Lipinski definition) is 4. The van der Waals surface area contributed by atoms with Crippen molar-refractivity contribution in [3.63, 3.8) is 0 Å². The predicted molar refractivity (Wildman–Crippen MR) is 94.1 cm³/mol. The molecule has 4 rings (SSSR count). The molecule has 0 saturated carbocycles. The average Bonchev–Trinajstić information content (AvgIpc) is 3.17. The smallest absolute Gasteiger partial charge is 0.269 e. The van der Waals surface area contributed by atoms with Crippen molar-refractivity contribution in [2.45, 2.75) is 25.2 Å². The fraction of sp³-hybridized carbons (Fsp3) is 0.263. The molecule has 3 aromatic rings. The van der Waals surface area contributed by atoms with Gasteiger partial charge in [-0.05, 0) is 48.6 Å². The molecule has 126 valence electrons. The highest BCUT2D eigenvalue weighted by molar-refractivity contribution is 5.98. The first-order chi connectivity index (χ1) is 12.3. The number of fused-ring (bicyclic) bond motifs is 1. The van der Waals surface area contributed by atoms with Crippen LogP contribution in [0.5, 0.6) is 0 Å². The van der Waals surface area contributed by atoms with Gasteiger partial charge < -0.3 is 5.32 Å². The summed E-state index contributed by atoms with van der Waals surface area (Å²) in [5.41, 5.74) is 4.59. The molecule has 25 heavy (non-hydrogen) atoms. The second-order valence-electron chi connectivity index (χ2n) is 6.24. The topological polar surface area (TPSA) is 83.6 Å². The van der Waals surface area contributed by atoms with Crippen molar-refractivity contribution in [2.24, 2.45) is 0 Å². The van der Waals surface area contributed by atoms with Crippen LogP contribution in [0.2, 0.25) is 0 Å². The molecule has 0 bridgehead atoms. The molecular weight excluding hydrogens is 314 g/mol. The minimum absolute atomic E-state index is 0.146. The monoisotopic (exact) mass is 333 g/mol. The standard InChI is InChI=1S/C19H19N5O/c25-19(18-16(12-23-24-18)13-6-9-20-10-7-13)22-11-15-4-1-3-14-5-2-8-21-17(14)15/h2,5-10,12,15H,1,3-4,11H2,(H,22,25)(H,23,24). The molecule has 6 heteroatoms. The molecule has 1 aliphatic carbocycles. The molecule has 0 aliphatic heterocycles. The van der Waals surface area contributed by atoms with Gasteiger partial charge in [0.2, 0.25) is 0 Å².